The van der Waals surface area contributed by atoms with Crippen LogP contribution in [0.5, 0.6) is 11.5 Å². The fourth-order valence-electron chi connectivity index (χ4n) is 2.97. The molecule has 0 saturated heterocycles. The summed E-state index contributed by atoms with van der Waals surface area (Å²) in [6.07, 6.45) is 0. The van der Waals surface area contributed by atoms with E-state index in [9.17, 15) is 4.79 Å². The van der Waals surface area contributed by atoms with Crippen LogP contribution in [-0.2, 0) is 4.79 Å². The lowest BCUT2D eigenvalue weighted by Crippen LogP contribution is -2.31. The van der Waals surface area contributed by atoms with Crippen LogP contribution in [0.15, 0.2) is 34.6 Å². The molecular formula is C17H21N5O3S. The summed E-state index contributed by atoms with van der Waals surface area (Å²) in [7, 11) is 3.14. The van der Waals surface area contributed by atoms with Crippen molar-refractivity contribution in [3.8, 4) is 11.5 Å². The van der Waals surface area contributed by atoms with E-state index in [0.717, 1.165) is 11.3 Å². The number of hydrogen-bond donors (Lipinski definition) is 2. The highest BCUT2D eigenvalue weighted by atomic mass is 32.2. The molecule has 0 spiro atoms. The van der Waals surface area contributed by atoms with E-state index in [0.29, 0.717) is 33.9 Å². The first-order chi connectivity index (χ1) is 12.5. The first-order valence-corrected chi connectivity index (χ1v) is 9.07. The largest absolute Gasteiger partial charge is 0.493 e. The second-order valence-corrected chi connectivity index (χ2v) is 6.87. The number of nitrogens with one attached hydrogen (secondary N) is 1. The van der Waals surface area contributed by atoms with Gasteiger partial charge in [0.05, 0.1) is 19.8 Å². The van der Waals surface area contributed by atoms with Crippen LogP contribution in [0.4, 0.5) is 5.95 Å². The summed E-state index contributed by atoms with van der Waals surface area (Å²) in [6.45, 7) is 3.83. The maximum Gasteiger partial charge on any atom is 0.248 e. The Kier molecular flexibility index (Phi) is 5.08. The van der Waals surface area contributed by atoms with Crippen LogP contribution in [0, 0.1) is 0 Å². The Bertz CT molecular complexity index is 877. The SMILES string of the molecule is CCSc1nc2n(n1)C(c1ccc(OC)c(OC)c1)C(C(N)=O)=C(C)N2. The summed E-state index contributed by atoms with van der Waals surface area (Å²) in [5, 5.41) is 8.31. The van der Waals surface area contributed by atoms with Crippen LogP contribution in [0.1, 0.15) is 25.5 Å². The quantitative estimate of drug-likeness (QED) is 0.746. The van der Waals surface area contributed by atoms with Gasteiger partial charge in [-0.05, 0) is 30.4 Å². The van der Waals surface area contributed by atoms with E-state index in [2.05, 4.69) is 15.4 Å². The minimum Gasteiger partial charge on any atom is -0.493 e. The first-order valence-electron chi connectivity index (χ1n) is 8.09. The smallest absolute Gasteiger partial charge is 0.248 e. The van der Waals surface area contributed by atoms with Crippen molar-refractivity contribution in [3.05, 3.63) is 35.0 Å². The van der Waals surface area contributed by atoms with Crippen molar-refractivity contribution < 1.29 is 14.3 Å². The molecule has 1 aromatic carbocycles. The van der Waals surface area contributed by atoms with Crippen LogP contribution >= 0.6 is 11.8 Å². The summed E-state index contributed by atoms with van der Waals surface area (Å²) in [5.41, 5.74) is 7.57. The van der Waals surface area contributed by atoms with E-state index < -0.39 is 11.9 Å². The molecule has 138 valence electrons. The topological polar surface area (TPSA) is 104 Å². The summed E-state index contributed by atoms with van der Waals surface area (Å²) in [6, 6.07) is 4.99. The number of carbonyl (C=O) groups is 1. The number of aromatic nitrogens is 3. The van der Waals surface area contributed by atoms with Gasteiger partial charge in [0.2, 0.25) is 17.0 Å². The van der Waals surface area contributed by atoms with E-state index in [1.54, 1.807) is 31.9 Å². The van der Waals surface area contributed by atoms with Gasteiger partial charge in [0, 0.05) is 5.70 Å². The van der Waals surface area contributed by atoms with Crippen LogP contribution in [0.2, 0.25) is 0 Å². The molecule has 2 heterocycles. The molecule has 3 N–H and O–H groups in total. The number of primary amides is 1. The molecule has 1 aromatic heterocycles. The molecule has 0 radical (unpaired) electrons. The predicted molar refractivity (Wildman–Crippen MR) is 99.6 cm³/mol. The van der Waals surface area contributed by atoms with Gasteiger partial charge in [-0.2, -0.15) is 4.98 Å². The number of nitrogens with two attached hydrogens (primary N) is 1. The number of ether oxygens (including phenoxy) is 2. The number of methoxy groups -OCH3 is 2. The molecule has 1 aliphatic rings. The maximum atomic E-state index is 12.2. The van der Waals surface area contributed by atoms with E-state index in [4.69, 9.17) is 15.2 Å². The fourth-order valence-corrected chi connectivity index (χ4v) is 3.53. The van der Waals surface area contributed by atoms with Gasteiger partial charge in [0.25, 0.3) is 0 Å². The third-order valence-corrected chi connectivity index (χ3v) is 4.82. The Morgan fingerprint density at radius 1 is 1.35 bits per heavy atom. The number of amides is 1. The Balaban J connectivity index is 2.17. The molecular weight excluding hydrogens is 354 g/mol. The second-order valence-electron chi connectivity index (χ2n) is 5.64. The number of carbonyl (C=O) groups excluding carboxylic acids is 1. The number of hydrogen-bond acceptors (Lipinski definition) is 7. The standard InChI is InChI=1S/C17H21N5O3S/c1-5-26-17-20-16-19-9(2)13(15(18)23)14(22(16)21-17)10-6-7-11(24-3)12(8-10)25-4/h6-8,14H,5H2,1-4H3,(H2,18,23)(H,19,20,21). The number of benzene rings is 1. The van der Waals surface area contributed by atoms with Gasteiger partial charge in [-0.1, -0.05) is 24.8 Å². The average molecular weight is 375 g/mol. The molecule has 3 rings (SSSR count). The van der Waals surface area contributed by atoms with Crippen molar-refractivity contribution >= 4 is 23.6 Å². The highest BCUT2D eigenvalue weighted by Crippen LogP contribution is 2.39. The van der Waals surface area contributed by atoms with E-state index in [-0.39, 0.29) is 0 Å². The van der Waals surface area contributed by atoms with E-state index in [1.807, 2.05) is 19.1 Å². The van der Waals surface area contributed by atoms with Crippen molar-refractivity contribution in [2.45, 2.75) is 25.0 Å². The highest BCUT2D eigenvalue weighted by Gasteiger charge is 2.33. The van der Waals surface area contributed by atoms with E-state index in [1.165, 1.54) is 11.8 Å². The van der Waals surface area contributed by atoms with Gasteiger partial charge < -0.3 is 20.5 Å². The summed E-state index contributed by atoms with van der Waals surface area (Å²) < 4.78 is 12.4. The Labute approximate surface area is 155 Å². The molecule has 1 aliphatic heterocycles. The predicted octanol–water partition coefficient (Wildman–Crippen LogP) is 2.18. The molecule has 1 unspecified atom stereocenters. The molecule has 9 heteroatoms. The zero-order valence-electron chi connectivity index (χ0n) is 15.1. The van der Waals surface area contributed by atoms with Gasteiger partial charge in [0.1, 0.15) is 6.04 Å². The lowest BCUT2D eigenvalue weighted by molar-refractivity contribution is -0.115. The molecule has 1 amide bonds. The van der Waals surface area contributed by atoms with Crippen molar-refractivity contribution in [1.82, 2.24) is 14.8 Å². The van der Waals surface area contributed by atoms with Crippen LogP contribution in [-0.4, -0.2) is 40.6 Å². The number of nitrogens with zero attached hydrogens (tertiary/aromatic N) is 3. The number of rotatable bonds is 6. The number of anilines is 1. The fraction of sp³-hybridized carbons (Fsp3) is 0.353. The normalized spacial score (nSPS) is 16.1. The minimum atomic E-state index is -0.513. The summed E-state index contributed by atoms with van der Waals surface area (Å²) >= 11 is 1.53. The molecule has 26 heavy (non-hydrogen) atoms. The van der Waals surface area contributed by atoms with Crippen molar-refractivity contribution in [3.63, 3.8) is 0 Å². The summed E-state index contributed by atoms with van der Waals surface area (Å²) in [5.74, 6) is 2.07. The molecule has 8 nitrogen and oxygen atoms in total. The Morgan fingerprint density at radius 2 is 2.08 bits per heavy atom. The average Bonchev–Trinajstić information content (AvgIpc) is 3.01. The van der Waals surface area contributed by atoms with Crippen LogP contribution in [0.3, 0.4) is 0 Å². The number of fused-ring (bicyclic) bond motifs is 1. The molecule has 0 fully saturated rings. The van der Waals surface area contributed by atoms with Gasteiger partial charge >= 0.3 is 0 Å². The van der Waals surface area contributed by atoms with Crippen molar-refractivity contribution in [2.24, 2.45) is 5.73 Å². The zero-order chi connectivity index (χ0) is 18.8. The Morgan fingerprint density at radius 3 is 2.69 bits per heavy atom. The lowest BCUT2D eigenvalue weighted by atomic mass is 9.95. The second kappa shape index (κ2) is 7.28. The van der Waals surface area contributed by atoms with Gasteiger partial charge in [0.15, 0.2) is 11.5 Å². The van der Waals surface area contributed by atoms with Gasteiger partial charge in [-0.3, -0.25) is 4.79 Å². The monoisotopic (exact) mass is 375 g/mol. The van der Waals surface area contributed by atoms with Crippen molar-refractivity contribution in [2.75, 3.05) is 25.3 Å². The van der Waals surface area contributed by atoms with Gasteiger partial charge in [-0.25, -0.2) is 4.68 Å². The van der Waals surface area contributed by atoms with Crippen LogP contribution < -0.4 is 20.5 Å². The van der Waals surface area contributed by atoms with E-state index >= 15 is 0 Å². The number of allylic oxidation sites excluding steroid dienone is 1. The zero-order valence-corrected chi connectivity index (χ0v) is 15.9. The van der Waals surface area contributed by atoms with Gasteiger partial charge in [-0.15, -0.1) is 5.10 Å². The molecule has 2 aromatic rings. The molecule has 1 atom stereocenters. The highest BCUT2D eigenvalue weighted by molar-refractivity contribution is 7.99. The third kappa shape index (κ3) is 3.10. The lowest BCUT2D eigenvalue weighted by Gasteiger charge is -2.28. The Hall–Kier alpha value is -2.68. The summed E-state index contributed by atoms with van der Waals surface area (Å²) in [4.78, 5) is 16.7. The molecule has 0 aliphatic carbocycles. The maximum absolute atomic E-state index is 12.2. The third-order valence-electron chi connectivity index (χ3n) is 4.10. The first kappa shape index (κ1) is 18.1. The van der Waals surface area contributed by atoms with Crippen LogP contribution in [0.25, 0.3) is 0 Å². The minimum absolute atomic E-state index is 0.433. The number of thioether (sulfide) groups is 1. The molecule has 0 saturated carbocycles. The van der Waals surface area contributed by atoms with Crippen molar-refractivity contribution in [1.29, 1.82) is 0 Å². The molecule has 0 bridgehead atoms.